The molecule has 1 aromatic heterocycles. The first-order valence-electron chi connectivity index (χ1n) is 9.18. The van der Waals surface area contributed by atoms with Crippen LogP contribution in [0.15, 0.2) is 39.3 Å². The van der Waals surface area contributed by atoms with Crippen molar-refractivity contribution in [2.75, 3.05) is 6.61 Å². The monoisotopic (exact) mass is 521 g/mol. The van der Waals surface area contributed by atoms with Crippen molar-refractivity contribution in [3.8, 4) is 17.6 Å². The van der Waals surface area contributed by atoms with Crippen LogP contribution in [0.2, 0.25) is 5.02 Å². The minimum atomic E-state index is -5.11. The van der Waals surface area contributed by atoms with Crippen LogP contribution in [-0.4, -0.2) is 40.5 Å². The summed E-state index contributed by atoms with van der Waals surface area (Å²) in [5.41, 5.74) is -3.09. The molecule has 0 fully saturated rings. The number of nitriles is 1. The van der Waals surface area contributed by atoms with Crippen LogP contribution in [0.5, 0.6) is 11.5 Å². The number of nitrogens with zero attached hydrogens (tertiary/aromatic N) is 5. The van der Waals surface area contributed by atoms with E-state index >= 15 is 0 Å². The summed E-state index contributed by atoms with van der Waals surface area (Å²) in [7, 11) is 0. The van der Waals surface area contributed by atoms with E-state index in [2.05, 4.69) is 19.7 Å². The fourth-order valence-corrected chi connectivity index (χ4v) is 2.90. The summed E-state index contributed by atoms with van der Waals surface area (Å²) < 4.78 is 87.0. The van der Waals surface area contributed by atoms with E-state index in [1.165, 1.54) is 6.07 Å². The molecule has 0 saturated carbocycles. The molecule has 1 aliphatic rings. The van der Waals surface area contributed by atoms with Gasteiger partial charge in [0.05, 0.1) is 23.9 Å². The first-order valence-corrected chi connectivity index (χ1v) is 9.56. The Morgan fingerprint density at radius 3 is 2.46 bits per heavy atom. The van der Waals surface area contributed by atoms with Crippen molar-refractivity contribution in [3.63, 3.8) is 0 Å². The van der Waals surface area contributed by atoms with Gasteiger partial charge in [0.1, 0.15) is 5.75 Å². The third kappa shape index (κ3) is 6.57. The molecule has 0 radical (unpaired) electrons. The highest BCUT2D eigenvalue weighted by molar-refractivity contribution is 6.30. The molecule has 0 aliphatic carbocycles. The van der Waals surface area contributed by atoms with Gasteiger partial charge in [-0.25, -0.2) is 9.98 Å². The summed E-state index contributed by atoms with van der Waals surface area (Å²) in [6, 6.07) is 4.17. The molecule has 0 spiro atoms. The van der Waals surface area contributed by atoms with Crippen LogP contribution < -0.4 is 10.3 Å². The SMILES string of the molecule is N#Cc1cc(Cl)cc(Oc2c(C(F)(F)F)ncn(CC3C=NC(OCC(F)(F)F)=NC3=O)c2=O)c1. The van der Waals surface area contributed by atoms with E-state index in [0.29, 0.717) is 10.9 Å². The van der Waals surface area contributed by atoms with E-state index in [1.807, 2.05) is 0 Å². The van der Waals surface area contributed by atoms with Gasteiger partial charge in [-0.3, -0.25) is 14.2 Å². The molecule has 0 bridgehead atoms. The van der Waals surface area contributed by atoms with Crippen molar-refractivity contribution in [2.24, 2.45) is 15.9 Å². The first-order chi connectivity index (χ1) is 16.3. The Morgan fingerprint density at radius 1 is 1.14 bits per heavy atom. The Hall–Kier alpha value is -3.93. The number of amidine groups is 1. The Kier molecular flexibility index (Phi) is 7.15. The van der Waals surface area contributed by atoms with Crippen molar-refractivity contribution < 1.29 is 40.6 Å². The average molecular weight is 522 g/mol. The molecule has 1 atom stereocenters. The number of hydrogen-bond donors (Lipinski definition) is 0. The van der Waals surface area contributed by atoms with Gasteiger partial charge in [0.2, 0.25) is 5.75 Å². The largest absolute Gasteiger partial charge is 0.454 e. The molecule has 1 aliphatic heterocycles. The zero-order chi connectivity index (χ0) is 26.0. The zero-order valence-electron chi connectivity index (χ0n) is 16.9. The number of halogens is 7. The van der Waals surface area contributed by atoms with E-state index in [4.69, 9.17) is 21.6 Å². The molecule has 1 unspecified atom stereocenters. The summed E-state index contributed by atoms with van der Waals surface area (Å²) in [6.45, 7) is -2.36. The highest BCUT2D eigenvalue weighted by Crippen LogP contribution is 2.35. The molecule has 0 saturated heterocycles. The Balaban J connectivity index is 1.90. The van der Waals surface area contributed by atoms with Gasteiger partial charge >= 0.3 is 18.4 Å². The van der Waals surface area contributed by atoms with Gasteiger partial charge in [0.25, 0.3) is 11.5 Å². The second-order valence-corrected chi connectivity index (χ2v) is 7.22. The summed E-state index contributed by atoms with van der Waals surface area (Å²) in [4.78, 5) is 34.8. The zero-order valence-corrected chi connectivity index (χ0v) is 17.6. The number of rotatable bonds is 5. The number of ether oxygens (including phenoxy) is 2. The molecule has 1 amide bonds. The van der Waals surface area contributed by atoms with Crippen molar-refractivity contribution in [3.05, 3.63) is 51.2 Å². The molecule has 3 rings (SSSR count). The first kappa shape index (κ1) is 25.7. The number of alkyl halides is 6. The van der Waals surface area contributed by atoms with Crippen LogP contribution in [0, 0.1) is 17.2 Å². The maximum Gasteiger partial charge on any atom is 0.437 e. The molecule has 1 aromatic carbocycles. The Labute approximate surface area is 195 Å². The second-order valence-electron chi connectivity index (χ2n) is 6.79. The molecule has 16 heteroatoms. The minimum absolute atomic E-state index is 0.0535. The van der Waals surface area contributed by atoms with Crippen LogP contribution in [0.1, 0.15) is 11.3 Å². The number of aromatic nitrogens is 2. The standard InChI is InChI=1S/C19H10ClF6N5O4/c20-11-1-9(4-27)2-12(3-11)35-13-14(19(24,25)26)29-8-31(16(13)33)6-10-5-28-17(30-15(10)32)34-7-18(21,22)23/h1-3,5,8,10H,6-7H2. The van der Waals surface area contributed by atoms with Gasteiger partial charge in [-0.1, -0.05) is 11.6 Å². The molecule has 2 aromatic rings. The van der Waals surface area contributed by atoms with Crippen molar-refractivity contribution in [1.82, 2.24) is 9.55 Å². The lowest BCUT2D eigenvalue weighted by molar-refractivity contribution is -0.156. The number of aliphatic imine (C=N–C) groups is 2. The van der Waals surface area contributed by atoms with Gasteiger partial charge in [-0.05, 0) is 18.2 Å². The minimum Gasteiger partial charge on any atom is -0.454 e. The lowest BCUT2D eigenvalue weighted by Crippen LogP contribution is -2.33. The number of hydrogen-bond acceptors (Lipinski definition) is 7. The fraction of sp³-hybridized carbons (Fsp3) is 0.263. The Bertz CT molecular complexity index is 1310. The molecule has 184 valence electrons. The summed E-state index contributed by atoms with van der Waals surface area (Å²) in [6.07, 6.45) is -8.47. The number of benzene rings is 1. The van der Waals surface area contributed by atoms with E-state index in [0.717, 1.165) is 18.3 Å². The molecule has 2 heterocycles. The van der Waals surface area contributed by atoms with Crippen LogP contribution in [0.3, 0.4) is 0 Å². The molecule has 9 nitrogen and oxygen atoms in total. The van der Waals surface area contributed by atoms with Gasteiger partial charge in [-0.2, -0.15) is 36.6 Å². The van der Waals surface area contributed by atoms with Crippen molar-refractivity contribution in [2.45, 2.75) is 18.9 Å². The predicted octanol–water partition coefficient (Wildman–Crippen LogP) is 3.74. The highest BCUT2D eigenvalue weighted by atomic mass is 35.5. The van der Waals surface area contributed by atoms with Crippen molar-refractivity contribution >= 4 is 29.7 Å². The maximum absolute atomic E-state index is 13.5. The Morgan fingerprint density at radius 2 is 1.86 bits per heavy atom. The van der Waals surface area contributed by atoms with Gasteiger partial charge in [-0.15, -0.1) is 0 Å². The molecular weight excluding hydrogens is 512 g/mol. The summed E-state index contributed by atoms with van der Waals surface area (Å²) in [5.74, 6) is -4.00. The topological polar surface area (TPSA) is 119 Å². The van der Waals surface area contributed by atoms with E-state index < -0.39 is 60.4 Å². The number of carbonyl (C=O) groups is 1. The molecular formula is C19H10ClF6N5O4. The quantitative estimate of drug-likeness (QED) is 0.553. The summed E-state index contributed by atoms with van der Waals surface area (Å²) >= 11 is 5.81. The highest BCUT2D eigenvalue weighted by Gasteiger charge is 2.39. The maximum atomic E-state index is 13.5. The third-order valence-corrected chi connectivity index (χ3v) is 4.35. The molecule has 35 heavy (non-hydrogen) atoms. The number of carbonyl (C=O) groups excluding carboxylic acids is 1. The summed E-state index contributed by atoms with van der Waals surface area (Å²) in [5, 5.41) is 8.94. The van der Waals surface area contributed by atoms with Crippen LogP contribution in [-0.2, 0) is 22.3 Å². The predicted molar refractivity (Wildman–Crippen MR) is 106 cm³/mol. The average Bonchev–Trinajstić information content (AvgIpc) is 2.74. The van der Waals surface area contributed by atoms with Gasteiger partial charge in [0.15, 0.2) is 12.3 Å². The van der Waals surface area contributed by atoms with Crippen LogP contribution in [0.25, 0.3) is 0 Å². The van der Waals surface area contributed by atoms with E-state index in [-0.39, 0.29) is 16.3 Å². The normalized spacial score (nSPS) is 16.0. The van der Waals surface area contributed by atoms with E-state index in [1.54, 1.807) is 6.07 Å². The number of amides is 1. The van der Waals surface area contributed by atoms with E-state index in [9.17, 15) is 35.9 Å². The van der Waals surface area contributed by atoms with Gasteiger partial charge < -0.3 is 9.47 Å². The van der Waals surface area contributed by atoms with Gasteiger partial charge in [0, 0.05) is 17.8 Å². The second kappa shape index (κ2) is 9.74. The third-order valence-electron chi connectivity index (χ3n) is 4.13. The lowest BCUT2D eigenvalue weighted by Gasteiger charge is -2.17. The molecule has 0 N–H and O–H groups in total. The van der Waals surface area contributed by atoms with Crippen LogP contribution in [0.4, 0.5) is 26.3 Å². The van der Waals surface area contributed by atoms with Crippen molar-refractivity contribution in [1.29, 1.82) is 5.26 Å². The smallest absolute Gasteiger partial charge is 0.437 e. The fourth-order valence-electron chi connectivity index (χ4n) is 2.67. The van der Waals surface area contributed by atoms with Crippen LogP contribution >= 0.6 is 11.6 Å². The lowest BCUT2D eigenvalue weighted by atomic mass is 10.1.